The lowest BCUT2D eigenvalue weighted by molar-refractivity contribution is 0.581. The Kier molecular flexibility index (Phi) is 3.78. The molecule has 0 spiro atoms. The Morgan fingerprint density at radius 3 is 2.50 bits per heavy atom. The Balaban J connectivity index is 2.42. The molecular formula is C15H11ClF2. The summed E-state index contributed by atoms with van der Waals surface area (Å²) in [5, 5.41) is 0.597. The van der Waals surface area contributed by atoms with Gasteiger partial charge in [-0.25, -0.2) is 8.78 Å². The van der Waals surface area contributed by atoms with Crippen molar-refractivity contribution in [3.63, 3.8) is 0 Å². The molecule has 2 rings (SSSR count). The smallest absolute Gasteiger partial charge is 0.133 e. The average molecular weight is 265 g/mol. The minimum Gasteiger partial charge on any atom is -0.207 e. The summed E-state index contributed by atoms with van der Waals surface area (Å²) in [5.74, 6) is -1.16. The van der Waals surface area contributed by atoms with Gasteiger partial charge in [0.15, 0.2) is 0 Å². The lowest BCUT2D eigenvalue weighted by atomic mass is 10.0. The van der Waals surface area contributed by atoms with E-state index in [-0.39, 0.29) is 0 Å². The van der Waals surface area contributed by atoms with Gasteiger partial charge in [-0.3, -0.25) is 0 Å². The molecule has 0 fully saturated rings. The third kappa shape index (κ3) is 2.77. The Labute approximate surface area is 110 Å². The molecule has 0 aromatic heterocycles. The third-order valence-corrected chi connectivity index (χ3v) is 2.98. The summed E-state index contributed by atoms with van der Waals surface area (Å²) in [6, 6.07) is 10.8. The van der Waals surface area contributed by atoms with Crippen molar-refractivity contribution in [2.45, 2.75) is 6.92 Å². The lowest BCUT2D eigenvalue weighted by Crippen LogP contribution is -1.88. The average Bonchev–Trinajstić information content (AvgIpc) is 2.32. The van der Waals surface area contributed by atoms with Gasteiger partial charge in [0, 0.05) is 16.7 Å². The highest BCUT2D eigenvalue weighted by Gasteiger charge is 2.06. The maximum absolute atomic E-state index is 13.6. The minimum atomic E-state index is -0.582. The van der Waals surface area contributed by atoms with E-state index in [1.54, 1.807) is 19.1 Å². The van der Waals surface area contributed by atoms with Crippen molar-refractivity contribution in [3.8, 4) is 0 Å². The number of hydrogen-bond donors (Lipinski definition) is 0. The second kappa shape index (κ2) is 5.32. The second-order valence-electron chi connectivity index (χ2n) is 3.97. The van der Waals surface area contributed by atoms with Crippen LogP contribution in [0.5, 0.6) is 0 Å². The fraction of sp³-hybridized carbons (Fsp3) is 0.0667. The molecular weight excluding hydrogens is 254 g/mol. The molecule has 0 saturated heterocycles. The van der Waals surface area contributed by atoms with Crippen molar-refractivity contribution in [2.75, 3.05) is 0 Å². The zero-order valence-corrected chi connectivity index (χ0v) is 10.5. The second-order valence-corrected chi connectivity index (χ2v) is 4.38. The molecule has 0 bridgehead atoms. The van der Waals surface area contributed by atoms with Crippen LogP contribution in [0.2, 0.25) is 5.02 Å². The van der Waals surface area contributed by atoms with Gasteiger partial charge < -0.3 is 0 Å². The molecule has 2 aromatic rings. The van der Waals surface area contributed by atoms with E-state index in [2.05, 4.69) is 0 Å². The molecule has 0 atom stereocenters. The molecule has 0 unspecified atom stereocenters. The number of benzene rings is 2. The minimum absolute atomic E-state index is 0.372. The molecule has 92 valence electrons. The first kappa shape index (κ1) is 12.8. The molecule has 18 heavy (non-hydrogen) atoms. The summed E-state index contributed by atoms with van der Waals surface area (Å²) in [4.78, 5) is 0. The molecule has 0 aliphatic rings. The Morgan fingerprint density at radius 2 is 1.83 bits per heavy atom. The highest BCUT2D eigenvalue weighted by Crippen LogP contribution is 2.24. The van der Waals surface area contributed by atoms with Crippen LogP contribution in [0.25, 0.3) is 11.6 Å². The van der Waals surface area contributed by atoms with Crippen molar-refractivity contribution in [3.05, 3.63) is 70.2 Å². The third-order valence-electron chi connectivity index (χ3n) is 2.63. The molecule has 0 N–H and O–H groups in total. The normalized spacial score (nSPS) is 11.7. The number of halogens is 3. The van der Waals surface area contributed by atoms with E-state index in [4.69, 9.17) is 11.6 Å². The van der Waals surface area contributed by atoms with Gasteiger partial charge in [-0.15, -0.1) is 0 Å². The molecule has 0 amide bonds. The molecule has 2 aromatic carbocycles. The van der Waals surface area contributed by atoms with Gasteiger partial charge in [-0.1, -0.05) is 29.8 Å². The van der Waals surface area contributed by atoms with Crippen LogP contribution in [-0.2, 0) is 0 Å². The topological polar surface area (TPSA) is 0 Å². The van der Waals surface area contributed by atoms with Crippen molar-refractivity contribution in [1.29, 1.82) is 0 Å². The van der Waals surface area contributed by atoms with Crippen molar-refractivity contribution in [2.24, 2.45) is 0 Å². The monoisotopic (exact) mass is 264 g/mol. The van der Waals surface area contributed by atoms with E-state index >= 15 is 0 Å². The van der Waals surface area contributed by atoms with Crippen molar-refractivity contribution < 1.29 is 8.78 Å². The lowest BCUT2D eigenvalue weighted by Gasteiger charge is -2.05. The van der Waals surface area contributed by atoms with Crippen LogP contribution in [0.15, 0.2) is 42.5 Å². The highest BCUT2D eigenvalue weighted by atomic mass is 35.5. The van der Waals surface area contributed by atoms with Gasteiger partial charge in [-0.05, 0) is 42.3 Å². The first-order valence-corrected chi connectivity index (χ1v) is 5.84. The van der Waals surface area contributed by atoms with Crippen LogP contribution in [0.3, 0.4) is 0 Å². The predicted molar refractivity (Wildman–Crippen MR) is 71.4 cm³/mol. The Bertz CT molecular complexity index is 603. The maximum atomic E-state index is 13.6. The van der Waals surface area contributed by atoms with E-state index in [0.717, 1.165) is 11.6 Å². The summed E-state index contributed by atoms with van der Waals surface area (Å²) in [6.07, 6.45) is 1.78. The molecule has 0 aliphatic carbocycles. The molecule has 3 heteroatoms. The summed E-state index contributed by atoms with van der Waals surface area (Å²) in [7, 11) is 0. The van der Waals surface area contributed by atoms with Crippen molar-refractivity contribution >= 4 is 23.3 Å². The standard InChI is InChI=1S/C15H11ClF2/c1-10(8-11-4-2-3-5-14(11)16)13-7-6-12(17)9-15(13)18/h2-9H,1H3. The van der Waals surface area contributed by atoms with Crippen LogP contribution in [0, 0.1) is 11.6 Å². The van der Waals surface area contributed by atoms with Crippen LogP contribution >= 0.6 is 11.6 Å². The quantitative estimate of drug-likeness (QED) is 0.656. The predicted octanol–water partition coefficient (Wildman–Crippen LogP) is 5.18. The zero-order chi connectivity index (χ0) is 13.1. The number of allylic oxidation sites excluding steroid dienone is 1. The first-order valence-electron chi connectivity index (χ1n) is 5.46. The van der Waals surface area contributed by atoms with Gasteiger partial charge in [-0.2, -0.15) is 0 Å². The zero-order valence-electron chi connectivity index (χ0n) is 9.75. The highest BCUT2D eigenvalue weighted by molar-refractivity contribution is 6.32. The fourth-order valence-electron chi connectivity index (χ4n) is 1.71. The van der Waals surface area contributed by atoms with Crippen LogP contribution in [0.4, 0.5) is 8.78 Å². The van der Waals surface area contributed by atoms with Gasteiger partial charge in [0.05, 0.1) is 0 Å². The van der Waals surface area contributed by atoms with E-state index in [9.17, 15) is 8.78 Å². The van der Waals surface area contributed by atoms with Crippen LogP contribution in [0.1, 0.15) is 18.1 Å². The van der Waals surface area contributed by atoms with Gasteiger partial charge in [0.25, 0.3) is 0 Å². The van der Waals surface area contributed by atoms with Crippen LogP contribution < -0.4 is 0 Å². The fourth-order valence-corrected chi connectivity index (χ4v) is 1.90. The summed E-state index contributed by atoms with van der Waals surface area (Å²) >= 11 is 6.02. The molecule has 0 radical (unpaired) electrons. The first-order chi connectivity index (χ1) is 8.58. The number of rotatable bonds is 2. The Morgan fingerprint density at radius 1 is 1.11 bits per heavy atom. The largest absolute Gasteiger partial charge is 0.207 e. The van der Waals surface area contributed by atoms with Gasteiger partial charge >= 0.3 is 0 Å². The van der Waals surface area contributed by atoms with Crippen molar-refractivity contribution in [1.82, 2.24) is 0 Å². The Hall–Kier alpha value is -1.67. The SMILES string of the molecule is CC(=Cc1ccccc1Cl)c1ccc(F)cc1F. The van der Waals surface area contributed by atoms with E-state index in [1.807, 2.05) is 18.2 Å². The summed E-state index contributed by atoms with van der Waals surface area (Å²) in [5.41, 5.74) is 1.87. The summed E-state index contributed by atoms with van der Waals surface area (Å²) in [6.45, 7) is 1.76. The maximum Gasteiger partial charge on any atom is 0.133 e. The molecule has 0 nitrogen and oxygen atoms in total. The van der Waals surface area contributed by atoms with E-state index < -0.39 is 11.6 Å². The summed E-state index contributed by atoms with van der Waals surface area (Å²) < 4.78 is 26.4. The van der Waals surface area contributed by atoms with Gasteiger partial charge in [0.2, 0.25) is 0 Å². The van der Waals surface area contributed by atoms with Crippen LogP contribution in [-0.4, -0.2) is 0 Å². The van der Waals surface area contributed by atoms with E-state index in [1.165, 1.54) is 12.1 Å². The molecule has 0 saturated carbocycles. The molecule has 0 heterocycles. The number of hydrogen-bond acceptors (Lipinski definition) is 0. The van der Waals surface area contributed by atoms with Gasteiger partial charge in [0.1, 0.15) is 11.6 Å². The van der Waals surface area contributed by atoms with E-state index in [0.29, 0.717) is 16.2 Å². The molecule has 0 aliphatic heterocycles.